The molecule has 2 aromatic heterocycles. The summed E-state index contributed by atoms with van der Waals surface area (Å²) < 4.78 is 0. The minimum absolute atomic E-state index is 0. The number of rotatable bonds is 5. The third-order valence-corrected chi connectivity index (χ3v) is 7.65. The summed E-state index contributed by atoms with van der Waals surface area (Å²) in [4.78, 5) is 36.3. The fourth-order valence-corrected chi connectivity index (χ4v) is 5.57. The average Bonchev–Trinajstić information content (AvgIpc) is 3.28. The zero-order valence-electron chi connectivity index (χ0n) is 19.5. The van der Waals surface area contributed by atoms with Gasteiger partial charge in [-0.25, -0.2) is 0 Å². The number of nitrogens with zero attached hydrogens (tertiary/aromatic N) is 2. The van der Waals surface area contributed by atoms with Crippen molar-refractivity contribution in [2.75, 3.05) is 18.0 Å². The van der Waals surface area contributed by atoms with Gasteiger partial charge in [-0.2, -0.15) is 0 Å². The van der Waals surface area contributed by atoms with Gasteiger partial charge in [0.15, 0.2) is 0 Å². The first-order chi connectivity index (χ1) is 16.4. The first-order valence-electron chi connectivity index (χ1n) is 12.0. The normalized spacial score (nSPS) is 23.0. The Morgan fingerprint density at radius 3 is 2.57 bits per heavy atom. The largest absolute Gasteiger partial charge is 0.371 e. The van der Waals surface area contributed by atoms with Gasteiger partial charge in [0.25, 0.3) is 0 Å². The molecule has 9 heteroatoms. The SMILES string of the molecule is Cl.NC1(C(=O)c2cc3cc(Cl)ccc3[nH]2)CCCCC1NC(=O)C1CCN(c2ccncc2)CC1. The van der Waals surface area contributed by atoms with Gasteiger partial charge in [0.2, 0.25) is 11.7 Å². The van der Waals surface area contributed by atoms with Crippen LogP contribution in [-0.2, 0) is 4.79 Å². The molecule has 3 aromatic rings. The first-order valence-corrected chi connectivity index (χ1v) is 12.4. The summed E-state index contributed by atoms with van der Waals surface area (Å²) in [7, 11) is 0. The van der Waals surface area contributed by atoms with E-state index in [9.17, 15) is 9.59 Å². The number of pyridine rings is 1. The number of ketones is 1. The molecule has 7 nitrogen and oxygen atoms in total. The standard InChI is InChI=1S/C26H30ClN5O2.ClH/c27-19-4-5-21-18(15-19)16-22(30-21)24(33)26(28)10-2-1-3-23(26)31-25(34)17-8-13-32(14-9-17)20-6-11-29-12-7-20;/h4-7,11-12,15-17,23,30H,1-3,8-10,13-14,28H2,(H,31,34);1H. The molecule has 1 aliphatic carbocycles. The Labute approximate surface area is 216 Å². The van der Waals surface area contributed by atoms with Crippen molar-refractivity contribution in [3.63, 3.8) is 0 Å². The highest BCUT2D eigenvalue weighted by Crippen LogP contribution is 2.32. The van der Waals surface area contributed by atoms with Crippen molar-refractivity contribution >= 4 is 52.3 Å². The smallest absolute Gasteiger partial charge is 0.223 e. The number of hydrogen-bond acceptors (Lipinski definition) is 5. The van der Waals surface area contributed by atoms with Crippen molar-refractivity contribution in [2.24, 2.45) is 11.7 Å². The number of aromatic amines is 1. The number of amides is 1. The Kier molecular flexibility index (Phi) is 7.69. The van der Waals surface area contributed by atoms with Crippen molar-refractivity contribution in [3.05, 3.63) is 59.5 Å². The number of anilines is 1. The predicted molar refractivity (Wildman–Crippen MR) is 141 cm³/mol. The van der Waals surface area contributed by atoms with Gasteiger partial charge in [-0.05, 0) is 62.1 Å². The first kappa shape index (κ1) is 25.5. The van der Waals surface area contributed by atoms with E-state index in [-0.39, 0.29) is 36.1 Å². The molecule has 2 aliphatic rings. The Balaban J connectivity index is 0.00000289. The minimum atomic E-state index is -1.13. The highest BCUT2D eigenvalue weighted by Gasteiger charge is 2.45. The molecule has 5 rings (SSSR count). The van der Waals surface area contributed by atoms with E-state index >= 15 is 0 Å². The number of benzene rings is 1. The Hall–Kier alpha value is -2.61. The zero-order chi connectivity index (χ0) is 23.7. The molecule has 1 saturated heterocycles. The Morgan fingerprint density at radius 2 is 1.83 bits per heavy atom. The molecular weight excluding hydrogens is 485 g/mol. The van der Waals surface area contributed by atoms with E-state index in [2.05, 4.69) is 20.2 Å². The van der Waals surface area contributed by atoms with E-state index < -0.39 is 5.54 Å². The van der Waals surface area contributed by atoms with Crippen molar-refractivity contribution in [1.82, 2.24) is 15.3 Å². The summed E-state index contributed by atoms with van der Waals surface area (Å²) in [6.07, 6.45) is 8.19. The quantitative estimate of drug-likeness (QED) is 0.434. The number of nitrogens with two attached hydrogens (primary N) is 1. The molecule has 1 aromatic carbocycles. The topological polar surface area (TPSA) is 104 Å². The Bertz CT molecular complexity index is 1190. The van der Waals surface area contributed by atoms with E-state index in [1.54, 1.807) is 24.5 Å². The zero-order valence-corrected chi connectivity index (χ0v) is 21.1. The minimum Gasteiger partial charge on any atom is -0.371 e. The van der Waals surface area contributed by atoms with Crippen LogP contribution < -0.4 is 16.0 Å². The third kappa shape index (κ3) is 5.17. The van der Waals surface area contributed by atoms with Crippen LogP contribution in [-0.4, -0.2) is 46.3 Å². The second-order valence-corrected chi connectivity index (χ2v) is 9.99. The van der Waals surface area contributed by atoms with Gasteiger partial charge in [0.05, 0.1) is 11.7 Å². The summed E-state index contributed by atoms with van der Waals surface area (Å²) >= 11 is 6.10. The monoisotopic (exact) mass is 515 g/mol. The molecule has 0 radical (unpaired) electrons. The maximum Gasteiger partial charge on any atom is 0.223 e. The van der Waals surface area contributed by atoms with Gasteiger partial charge in [0, 0.05) is 53.0 Å². The lowest BCUT2D eigenvalue weighted by molar-refractivity contribution is -0.126. The van der Waals surface area contributed by atoms with Crippen molar-refractivity contribution in [2.45, 2.75) is 50.1 Å². The number of Topliss-reactive ketones (excluding diaryl/α,β-unsaturated/α-hetero) is 1. The molecule has 3 heterocycles. The van der Waals surface area contributed by atoms with E-state index in [1.807, 2.05) is 24.3 Å². The van der Waals surface area contributed by atoms with Crippen LogP contribution in [0.4, 0.5) is 5.69 Å². The van der Waals surface area contributed by atoms with E-state index in [1.165, 1.54) is 0 Å². The predicted octanol–water partition coefficient (Wildman–Crippen LogP) is 4.49. The van der Waals surface area contributed by atoms with Crippen LogP contribution in [0.2, 0.25) is 5.02 Å². The maximum atomic E-state index is 13.6. The molecule has 2 fully saturated rings. The summed E-state index contributed by atoms with van der Waals surface area (Å²) in [6, 6.07) is 10.9. The van der Waals surface area contributed by atoms with E-state index in [0.29, 0.717) is 23.6 Å². The highest BCUT2D eigenvalue weighted by atomic mass is 35.5. The van der Waals surface area contributed by atoms with Crippen LogP contribution in [0.15, 0.2) is 48.8 Å². The van der Waals surface area contributed by atoms with Gasteiger partial charge in [-0.1, -0.05) is 24.4 Å². The summed E-state index contributed by atoms with van der Waals surface area (Å²) in [5.41, 5.74) is 8.09. The lowest BCUT2D eigenvalue weighted by atomic mass is 9.74. The average molecular weight is 516 g/mol. The molecule has 1 amide bonds. The molecule has 2 atom stereocenters. The number of nitrogens with one attached hydrogen (secondary N) is 2. The van der Waals surface area contributed by atoms with Crippen LogP contribution in [0.1, 0.15) is 49.0 Å². The molecular formula is C26H31Cl2N5O2. The molecule has 186 valence electrons. The van der Waals surface area contributed by atoms with Gasteiger partial charge in [-0.15, -0.1) is 12.4 Å². The Morgan fingerprint density at radius 1 is 1.09 bits per heavy atom. The lowest BCUT2D eigenvalue weighted by Gasteiger charge is -2.41. The van der Waals surface area contributed by atoms with Crippen molar-refractivity contribution in [3.8, 4) is 0 Å². The third-order valence-electron chi connectivity index (χ3n) is 7.42. The maximum absolute atomic E-state index is 13.6. The van der Waals surface area contributed by atoms with Gasteiger partial charge < -0.3 is 20.9 Å². The van der Waals surface area contributed by atoms with Crippen LogP contribution in [0.3, 0.4) is 0 Å². The molecule has 0 bridgehead atoms. The van der Waals surface area contributed by atoms with Gasteiger partial charge in [-0.3, -0.25) is 14.6 Å². The van der Waals surface area contributed by atoms with Crippen LogP contribution in [0, 0.1) is 5.92 Å². The summed E-state index contributed by atoms with van der Waals surface area (Å²) in [5.74, 6) is -0.223. The number of halogens is 2. The molecule has 1 aliphatic heterocycles. The number of carbonyl (C=O) groups is 2. The number of H-pyrrole nitrogens is 1. The molecule has 35 heavy (non-hydrogen) atoms. The number of piperidine rings is 1. The molecule has 1 saturated carbocycles. The van der Waals surface area contributed by atoms with Crippen molar-refractivity contribution < 1.29 is 9.59 Å². The van der Waals surface area contributed by atoms with Crippen LogP contribution in [0.25, 0.3) is 10.9 Å². The summed E-state index contributed by atoms with van der Waals surface area (Å²) in [5, 5.41) is 4.67. The molecule has 4 N–H and O–H groups in total. The second-order valence-electron chi connectivity index (χ2n) is 9.56. The highest BCUT2D eigenvalue weighted by molar-refractivity contribution is 6.31. The number of hydrogen-bond donors (Lipinski definition) is 3. The summed E-state index contributed by atoms with van der Waals surface area (Å²) in [6.45, 7) is 1.63. The van der Waals surface area contributed by atoms with Crippen LogP contribution >= 0.6 is 24.0 Å². The molecule has 0 spiro atoms. The van der Waals surface area contributed by atoms with Gasteiger partial charge >= 0.3 is 0 Å². The van der Waals surface area contributed by atoms with Crippen molar-refractivity contribution in [1.29, 1.82) is 0 Å². The van der Waals surface area contributed by atoms with E-state index in [4.69, 9.17) is 17.3 Å². The fraction of sp³-hybridized carbons (Fsp3) is 0.423. The van der Waals surface area contributed by atoms with Gasteiger partial charge in [0.1, 0.15) is 5.54 Å². The number of fused-ring (bicyclic) bond motifs is 1. The number of aromatic nitrogens is 2. The molecule has 2 unspecified atom stereocenters. The van der Waals surface area contributed by atoms with Crippen LogP contribution in [0.5, 0.6) is 0 Å². The fourth-order valence-electron chi connectivity index (χ4n) is 5.39. The lowest BCUT2D eigenvalue weighted by Crippen LogP contribution is -2.65. The second kappa shape index (κ2) is 10.6. The number of carbonyl (C=O) groups excluding carboxylic acids is 2. The van der Waals surface area contributed by atoms with E-state index in [0.717, 1.165) is 55.4 Å².